The Balaban J connectivity index is 2.32. The SMILES string of the molecule is Cc1cc(C)c(/C=C/C(=O)c2cccc(S(=O)(=O)N(C)C)c2)cc1C. The van der Waals surface area contributed by atoms with E-state index in [9.17, 15) is 13.2 Å². The summed E-state index contributed by atoms with van der Waals surface area (Å²) in [6, 6.07) is 10.2. The highest BCUT2D eigenvalue weighted by atomic mass is 32.2. The van der Waals surface area contributed by atoms with Crippen molar-refractivity contribution in [1.29, 1.82) is 0 Å². The molecule has 0 atom stereocenters. The summed E-state index contributed by atoms with van der Waals surface area (Å²) in [5.41, 5.74) is 4.80. The van der Waals surface area contributed by atoms with Gasteiger partial charge in [-0.1, -0.05) is 30.3 Å². The second kappa shape index (κ2) is 7.33. The van der Waals surface area contributed by atoms with Crippen molar-refractivity contribution >= 4 is 21.9 Å². The minimum atomic E-state index is -3.56. The first-order valence-electron chi connectivity index (χ1n) is 7.96. The fourth-order valence-corrected chi connectivity index (χ4v) is 3.39. The molecule has 0 unspecified atom stereocenters. The van der Waals surface area contributed by atoms with E-state index >= 15 is 0 Å². The van der Waals surface area contributed by atoms with Crippen LogP contribution >= 0.6 is 0 Å². The molecule has 0 aliphatic rings. The molecule has 0 bridgehead atoms. The molecule has 0 aliphatic heterocycles. The van der Waals surface area contributed by atoms with Crippen LogP contribution in [-0.4, -0.2) is 32.6 Å². The van der Waals surface area contributed by atoms with E-state index in [1.807, 2.05) is 19.9 Å². The predicted octanol–water partition coefficient (Wildman–Crippen LogP) is 3.76. The van der Waals surface area contributed by atoms with E-state index in [2.05, 4.69) is 13.0 Å². The zero-order valence-electron chi connectivity index (χ0n) is 15.2. The molecule has 0 spiro atoms. The maximum absolute atomic E-state index is 12.4. The van der Waals surface area contributed by atoms with Gasteiger partial charge in [0.05, 0.1) is 4.90 Å². The number of hydrogen-bond donors (Lipinski definition) is 0. The first kappa shape index (κ1) is 19.1. The van der Waals surface area contributed by atoms with Crippen LogP contribution in [0.1, 0.15) is 32.6 Å². The Morgan fingerprint density at radius 1 is 0.960 bits per heavy atom. The van der Waals surface area contributed by atoms with Crippen LogP contribution in [0.2, 0.25) is 0 Å². The van der Waals surface area contributed by atoms with Crippen molar-refractivity contribution in [3.8, 4) is 0 Å². The van der Waals surface area contributed by atoms with E-state index in [1.165, 1.54) is 37.9 Å². The van der Waals surface area contributed by atoms with Gasteiger partial charge in [-0.25, -0.2) is 12.7 Å². The molecule has 0 aromatic heterocycles. The molecule has 0 saturated heterocycles. The Kier molecular flexibility index (Phi) is 5.60. The molecule has 0 amide bonds. The number of carbonyl (C=O) groups is 1. The fourth-order valence-electron chi connectivity index (χ4n) is 2.44. The average molecular weight is 357 g/mol. The van der Waals surface area contributed by atoms with Crippen LogP contribution in [0.25, 0.3) is 6.08 Å². The highest BCUT2D eigenvalue weighted by Crippen LogP contribution is 2.18. The molecule has 0 radical (unpaired) electrons. The minimum Gasteiger partial charge on any atom is -0.289 e. The van der Waals surface area contributed by atoms with Gasteiger partial charge in [0, 0.05) is 19.7 Å². The van der Waals surface area contributed by atoms with Gasteiger partial charge in [-0.15, -0.1) is 0 Å². The number of hydrogen-bond acceptors (Lipinski definition) is 3. The van der Waals surface area contributed by atoms with E-state index < -0.39 is 10.0 Å². The lowest BCUT2D eigenvalue weighted by atomic mass is 10.00. The Morgan fingerprint density at radius 3 is 2.24 bits per heavy atom. The third kappa shape index (κ3) is 4.24. The summed E-state index contributed by atoms with van der Waals surface area (Å²) >= 11 is 0. The molecule has 5 heteroatoms. The average Bonchev–Trinajstić information content (AvgIpc) is 2.56. The molecule has 0 N–H and O–H groups in total. The molecule has 0 fully saturated rings. The van der Waals surface area contributed by atoms with Gasteiger partial charge in [0.25, 0.3) is 0 Å². The lowest BCUT2D eigenvalue weighted by Crippen LogP contribution is -2.22. The van der Waals surface area contributed by atoms with E-state index in [-0.39, 0.29) is 10.7 Å². The molecule has 132 valence electrons. The summed E-state index contributed by atoms with van der Waals surface area (Å²) < 4.78 is 25.5. The van der Waals surface area contributed by atoms with Crippen LogP contribution in [-0.2, 0) is 10.0 Å². The van der Waals surface area contributed by atoms with E-state index in [1.54, 1.807) is 18.2 Å². The normalized spacial score (nSPS) is 12.1. The van der Waals surface area contributed by atoms with Crippen LogP contribution in [0.5, 0.6) is 0 Å². The Hall–Kier alpha value is -2.24. The number of allylic oxidation sites excluding steroid dienone is 1. The zero-order chi connectivity index (χ0) is 18.8. The van der Waals surface area contributed by atoms with Crippen molar-refractivity contribution in [2.75, 3.05) is 14.1 Å². The lowest BCUT2D eigenvalue weighted by molar-refractivity contribution is 0.104. The molecule has 0 saturated carbocycles. The summed E-state index contributed by atoms with van der Waals surface area (Å²) in [6.45, 7) is 6.09. The van der Waals surface area contributed by atoms with Gasteiger partial charge in [0.2, 0.25) is 10.0 Å². The van der Waals surface area contributed by atoms with Crippen LogP contribution < -0.4 is 0 Å². The quantitative estimate of drug-likeness (QED) is 0.605. The molecule has 2 aromatic rings. The molecule has 2 aromatic carbocycles. The summed E-state index contributed by atoms with van der Waals surface area (Å²) in [5, 5.41) is 0. The number of aryl methyl sites for hydroxylation is 3. The Labute approximate surface area is 149 Å². The topological polar surface area (TPSA) is 54.5 Å². The van der Waals surface area contributed by atoms with Crippen molar-refractivity contribution in [3.63, 3.8) is 0 Å². The first-order chi connectivity index (χ1) is 11.6. The van der Waals surface area contributed by atoms with Crippen LogP contribution in [0.4, 0.5) is 0 Å². The smallest absolute Gasteiger partial charge is 0.242 e. The predicted molar refractivity (Wildman–Crippen MR) is 101 cm³/mol. The van der Waals surface area contributed by atoms with Gasteiger partial charge in [-0.2, -0.15) is 0 Å². The molecule has 0 aliphatic carbocycles. The van der Waals surface area contributed by atoms with Crippen LogP contribution in [0.3, 0.4) is 0 Å². The molecule has 2 rings (SSSR count). The summed E-state index contributed by atoms with van der Waals surface area (Å²) in [4.78, 5) is 12.5. The third-order valence-corrected chi connectivity index (χ3v) is 6.00. The van der Waals surface area contributed by atoms with E-state index in [4.69, 9.17) is 0 Å². The minimum absolute atomic E-state index is 0.110. The van der Waals surface area contributed by atoms with Gasteiger partial charge in [-0.3, -0.25) is 4.79 Å². The molecule has 0 heterocycles. The highest BCUT2D eigenvalue weighted by Gasteiger charge is 2.18. The number of rotatable bonds is 5. The maximum atomic E-state index is 12.4. The van der Waals surface area contributed by atoms with Crippen molar-refractivity contribution in [2.24, 2.45) is 0 Å². The van der Waals surface area contributed by atoms with E-state index in [0.29, 0.717) is 5.56 Å². The third-order valence-electron chi connectivity index (χ3n) is 4.19. The van der Waals surface area contributed by atoms with Gasteiger partial charge in [-0.05, 0) is 61.2 Å². The second-order valence-electron chi connectivity index (χ2n) is 6.31. The number of benzene rings is 2. The monoisotopic (exact) mass is 357 g/mol. The van der Waals surface area contributed by atoms with Crippen molar-refractivity contribution in [1.82, 2.24) is 4.31 Å². The Morgan fingerprint density at radius 2 is 1.60 bits per heavy atom. The number of carbonyl (C=O) groups excluding carboxylic acids is 1. The summed E-state index contributed by atoms with van der Waals surface area (Å²) in [6.07, 6.45) is 3.26. The lowest BCUT2D eigenvalue weighted by Gasteiger charge is -2.11. The van der Waals surface area contributed by atoms with Gasteiger partial charge < -0.3 is 0 Å². The van der Waals surface area contributed by atoms with Crippen molar-refractivity contribution < 1.29 is 13.2 Å². The Bertz CT molecular complexity index is 941. The fraction of sp³-hybridized carbons (Fsp3) is 0.250. The number of sulfonamides is 1. The largest absolute Gasteiger partial charge is 0.289 e. The standard InChI is InChI=1S/C20H23NO3S/c1-14-11-16(3)17(12-15(14)2)9-10-20(22)18-7-6-8-19(13-18)25(23,24)21(4)5/h6-13H,1-5H3/b10-9+. The molecular formula is C20H23NO3S. The van der Waals surface area contributed by atoms with Crippen molar-refractivity contribution in [2.45, 2.75) is 25.7 Å². The van der Waals surface area contributed by atoms with Gasteiger partial charge in [0.1, 0.15) is 0 Å². The van der Waals surface area contributed by atoms with Gasteiger partial charge >= 0.3 is 0 Å². The van der Waals surface area contributed by atoms with Gasteiger partial charge in [0.15, 0.2) is 5.78 Å². The highest BCUT2D eigenvalue weighted by molar-refractivity contribution is 7.89. The van der Waals surface area contributed by atoms with Crippen molar-refractivity contribution in [3.05, 3.63) is 70.3 Å². The number of ketones is 1. The summed E-state index contributed by atoms with van der Waals surface area (Å²) in [7, 11) is -0.631. The number of nitrogens with zero attached hydrogens (tertiary/aromatic N) is 1. The molecular weight excluding hydrogens is 334 g/mol. The first-order valence-corrected chi connectivity index (χ1v) is 9.40. The van der Waals surface area contributed by atoms with E-state index in [0.717, 1.165) is 21.0 Å². The summed E-state index contributed by atoms with van der Waals surface area (Å²) in [5.74, 6) is -0.228. The molecule has 4 nitrogen and oxygen atoms in total. The maximum Gasteiger partial charge on any atom is 0.242 e. The second-order valence-corrected chi connectivity index (χ2v) is 8.46. The van der Waals surface area contributed by atoms with Crippen LogP contribution in [0.15, 0.2) is 47.4 Å². The van der Waals surface area contributed by atoms with Crippen LogP contribution in [0, 0.1) is 20.8 Å². The zero-order valence-corrected chi connectivity index (χ0v) is 16.0. The molecule has 25 heavy (non-hydrogen) atoms.